The van der Waals surface area contributed by atoms with E-state index >= 15 is 0 Å². The maximum atomic E-state index is 14.4. The number of nitrogens with one attached hydrogen (secondary N) is 1. The van der Waals surface area contributed by atoms with Crippen molar-refractivity contribution < 1.29 is 62.3 Å². The molecule has 1 saturated heterocycles. The van der Waals surface area contributed by atoms with Crippen LogP contribution < -0.4 is 10.2 Å². The van der Waals surface area contributed by atoms with E-state index in [1.807, 2.05) is 0 Å². The first-order chi connectivity index (χ1) is 18.1. The number of amides is 2. The molecule has 220 valence electrons. The number of pyridine rings is 1. The molecule has 17 heteroatoms. The summed E-state index contributed by atoms with van der Waals surface area (Å²) in [5, 5.41) is 2.16. The van der Waals surface area contributed by atoms with Crippen LogP contribution >= 0.6 is 0 Å². The van der Waals surface area contributed by atoms with Gasteiger partial charge in [-0.15, -0.1) is 0 Å². The highest BCUT2D eigenvalue weighted by Gasteiger charge is 2.63. The number of anilines is 1. The Kier molecular flexibility index (Phi) is 7.86. The molecular formula is C23H17F12N3O2. The lowest BCUT2D eigenvalue weighted by molar-refractivity contribution is -0.186. The van der Waals surface area contributed by atoms with Gasteiger partial charge in [-0.25, -0.2) is 4.98 Å². The van der Waals surface area contributed by atoms with Crippen LogP contribution in [0.1, 0.15) is 47.7 Å². The molecule has 1 aliphatic rings. The van der Waals surface area contributed by atoms with Crippen molar-refractivity contribution in [1.29, 1.82) is 0 Å². The first-order valence-corrected chi connectivity index (χ1v) is 11.1. The maximum absolute atomic E-state index is 14.4. The second kappa shape index (κ2) is 10.1. The van der Waals surface area contributed by atoms with Gasteiger partial charge in [-0.1, -0.05) is 13.0 Å². The Labute approximate surface area is 217 Å². The van der Waals surface area contributed by atoms with Crippen LogP contribution in [0.15, 0.2) is 30.3 Å². The molecule has 0 aliphatic carbocycles. The normalized spacial score (nSPS) is 18.8. The number of rotatable bonds is 5. The fourth-order valence-corrected chi connectivity index (χ4v) is 4.09. The van der Waals surface area contributed by atoms with Crippen molar-refractivity contribution in [1.82, 2.24) is 10.3 Å². The predicted octanol–water partition coefficient (Wildman–Crippen LogP) is 6.40. The topological polar surface area (TPSA) is 62.3 Å². The molecule has 1 N–H and O–H groups in total. The Morgan fingerprint density at radius 1 is 0.900 bits per heavy atom. The number of carbonyl (C=O) groups is 2. The maximum Gasteiger partial charge on any atom is 0.433 e. The van der Waals surface area contributed by atoms with E-state index in [-0.39, 0.29) is 23.5 Å². The molecule has 1 aliphatic heterocycles. The number of benzene rings is 1. The van der Waals surface area contributed by atoms with Gasteiger partial charge in [0, 0.05) is 31.5 Å². The molecule has 1 aromatic heterocycles. The third-order valence-electron chi connectivity index (χ3n) is 6.17. The monoisotopic (exact) mass is 595 g/mol. The Morgan fingerprint density at radius 2 is 1.45 bits per heavy atom. The predicted molar refractivity (Wildman–Crippen MR) is 113 cm³/mol. The summed E-state index contributed by atoms with van der Waals surface area (Å²) in [6, 6.07) is 0.713. The van der Waals surface area contributed by atoms with E-state index in [1.54, 1.807) is 0 Å². The molecule has 1 fully saturated rings. The highest BCUT2D eigenvalue weighted by atomic mass is 19.4. The van der Waals surface area contributed by atoms with E-state index in [2.05, 4.69) is 10.3 Å². The SMILES string of the molecule is CCC(=O)NCc1ccc(N2CC(c3cc(C(F)(F)F)cc(C(F)(F)F)c3)(C(F)(F)F)CC2=O)nc1C(F)(F)F. The molecule has 5 nitrogen and oxygen atoms in total. The van der Waals surface area contributed by atoms with Crippen molar-refractivity contribution in [3.63, 3.8) is 0 Å². The van der Waals surface area contributed by atoms with Crippen LogP contribution in [0.5, 0.6) is 0 Å². The first kappa shape index (κ1) is 31.0. The number of carbonyl (C=O) groups excluding carboxylic acids is 2. The summed E-state index contributed by atoms with van der Waals surface area (Å²) in [4.78, 5) is 27.5. The second-order valence-electron chi connectivity index (χ2n) is 8.84. The van der Waals surface area contributed by atoms with E-state index in [1.165, 1.54) is 6.92 Å². The lowest BCUT2D eigenvalue weighted by Crippen LogP contribution is -2.45. The third kappa shape index (κ3) is 6.11. The van der Waals surface area contributed by atoms with Gasteiger partial charge in [0.15, 0.2) is 5.69 Å². The van der Waals surface area contributed by atoms with Crippen LogP contribution in [-0.2, 0) is 40.1 Å². The van der Waals surface area contributed by atoms with Crippen LogP contribution in [0.3, 0.4) is 0 Å². The van der Waals surface area contributed by atoms with Gasteiger partial charge in [0.05, 0.1) is 11.1 Å². The zero-order chi connectivity index (χ0) is 30.5. The summed E-state index contributed by atoms with van der Waals surface area (Å²) in [6.07, 6.45) is -23.6. The van der Waals surface area contributed by atoms with E-state index in [4.69, 9.17) is 0 Å². The molecule has 3 rings (SSSR count). The van der Waals surface area contributed by atoms with Crippen LogP contribution in [0, 0.1) is 0 Å². The molecule has 0 spiro atoms. The van der Waals surface area contributed by atoms with Gasteiger partial charge < -0.3 is 5.32 Å². The summed E-state index contributed by atoms with van der Waals surface area (Å²) in [5.41, 5.74) is -11.6. The minimum atomic E-state index is -5.62. The summed E-state index contributed by atoms with van der Waals surface area (Å²) in [6.45, 7) is -0.918. The lowest BCUT2D eigenvalue weighted by Gasteiger charge is -2.32. The fraction of sp³-hybridized carbons (Fsp3) is 0.435. The molecule has 40 heavy (non-hydrogen) atoms. The molecule has 2 aromatic rings. The third-order valence-corrected chi connectivity index (χ3v) is 6.17. The van der Waals surface area contributed by atoms with Crippen molar-refractivity contribution in [2.45, 2.75) is 56.4 Å². The van der Waals surface area contributed by atoms with Gasteiger partial charge in [0.25, 0.3) is 0 Å². The molecule has 0 bridgehead atoms. The first-order valence-electron chi connectivity index (χ1n) is 11.1. The fourth-order valence-electron chi connectivity index (χ4n) is 4.09. The average molecular weight is 595 g/mol. The van der Waals surface area contributed by atoms with Gasteiger partial charge in [0.1, 0.15) is 11.2 Å². The Morgan fingerprint density at radius 3 is 1.90 bits per heavy atom. The number of halogens is 12. The van der Waals surface area contributed by atoms with Crippen molar-refractivity contribution >= 4 is 17.6 Å². The standard InChI is InChI=1S/C23H17F12N3O2/c1-2-16(39)36-9-11-3-4-15(37-18(11)22(30,31)32)38-10-19(8-17(38)40,23(33,34)35)12-5-13(20(24,25)26)7-14(6-12)21(27,28)29/h3-7H,2,8-10H2,1H3,(H,36,39). The lowest BCUT2D eigenvalue weighted by atomic mass is 9.77. The number of alkyl halides is 12. The number of nitrogens with zero attached hydrogens (tertiary/aromatic N) is 2. The highest BCUT2D eigenvalue weighted by Crippen LogP contribution is 2.51. The molecule has 2 heterocycles. The summed E-state index contributed by atoms with van der Waals surface area (Å²) < 4.78 is 164. The average Bonchev–Trinajstić information content (AvgIpc) is 3.19. The minimum absolute atomic E-state index is 0.0831. The molecular weight excluding hydrogens is 578 g/mol. The Bertz CT molecular complexity index is 1270. The van der Waals surface area contributed by atoms with Crippen molar-refractivity contribution in [2.75, 3.05) is 11.4 Å². The Hall–Kier alpha value is -3.53. The second-order valence-corrected chi connectivity index (χ2v) is 8.84. The van der Waals surface area contributed by atoms with Crippen LogP contribution in [0.4, 0.5) is 58.5 Å². The van der Waals surface area contributed by atoms with Crippen LogP contribution in [-0.4, -0.2) is 29.5 Å². The number of aromatic nitrogens is 1. The molecule has 1 aromatic carbocycles. The zero-order valence-electron chi connectivity index (χ0n) is 20.0. The summed E-state index contributed by atoms with van der Waals surface area (Å²) >= 11 is 0. The van der Waals surface area contributed by atoms with E-state index < -0.39 is 101 Å². The Balaban J connectivity index is 2.15. The minimum Gasteiger partial charge on any atom is -0.352 e. The van der Waals surface area contributed by atoms with E-state index in [0.717, 1.165) is 12.1 Å². The van der Waals surface area contributed by atoms with Gasteiger partial charge in [-0.3, -0.25) is 14.5 Å². The van der Waals surface area contributed by atoms with Gasteiger partial charge in [0.2, 0.25) is 11.8 Å². The number of hydrogen-bond acceptors (Lipinski definition) is 3. The van der Waals surface area contributed by atoms with E-state index in [0.29, 0.717) is 0 Å². The van der Waals surface area contributed by atoms with E-state index in [9.17, 15) is 62.3 Å². The van der Waals surface area contributed by atoms with Gasteiger partial charge in [-0.2, -0.15) is 52.7 Å². The molecule has 0 radical (unpaired) electrons. The molecule has 0 saturated carbocycles. The van der Waals surface area contributed by atoms with Crippen molar-refractivity contribution in [3.05, 3.63) is 58.3 Å². The zero-order valence-corrected chi connectivity index (χ0v) is 20.0. The largest absolute Gasteiger partial charge is 0.433 e. The van der Waals surface area contributed by atoms with Gasteiger partial charge >= 0.3 is 24.7 Å². The van der Waals surface area contributed by atoms with Crippen LogP contribution in [0.25, 0.3) is 0 Å². The number of hydrogen-bond donors (Lipinski definition) is 1. The summed E-state index contributed by atoms with van der Waals surface area (Å²) in [7, 11) is 0. The van der Waals surface area contributed by atoms with Crippen molar-refractivity contribution in [2.24, 2.45) is 0 Å². The van der Waals surface area contributed by atoms with Gasteiger partial charge in [-0.05, 0) is 29.8 Å². The molecule has 2 amide bonds. The quantitative estimate of drug-likeness (QED) is 0.407. The van der Waals surface area contributed by atoms with Crippen molar-refractivity contribution in [3.8, 4) is 0 Å². The summed E-state index contributed by atoms with van der Waals surface area (Å²) in [5.74, 6) is -3.16. The molecule has 1 atom stereocenters. The molecule has 1 unspecified atom stereocenters. The van der Waals surface area contributed by atoms with Crippen LogP contribution in [0.2, 0.25) is 0 Å². The smallest absolute Gasteiger partial charge is 0.352 e. The highest BCUT2D eigenvalue weighted by molar-refractivity contribution is 5.96.